The Balaban J connectivity index is 1.46. The number of benzene rings is 3. The quantitative estimate of drug-likeness (QED) is 0.281. The Morgan fingerprint density at radius 1 is 1.03 bits per heavy atom. The molecule has 0 unspecified atom stereocenters. The summed E-state index contributed by atoms with van der Waals surface area (Å²) in [6.07, 6.45) is 0.151. The number of fused-ring (bicyclic) bond motifs is 5. The van der Waals surface area contributed by atoms with Gasteiger partial charge in [-0.05, 0) is 59.7 Å². The van der Waals surface area contributed by atoms with E-state index in [2.05, 4.69) is 26.2 Å². The number of aromatic nitrogens is 1. The molecule has 172 valence electrons. The Morgan fingerprint density at radius 2 is 1.85 bits per heavy atom. The van der Waals surface area contributed by atoms with E-state index < -0.39 is 0 Å². The number of anilines is 1. The summed E-state index contributed by atoms with van der Waals surface area (Å²) >= 11 is 21.8. The van der Waals surface area contributed by atoms with Crippen molar-refractivity contribution in [3.8, 4) is 11.3 Å². The first-order valence-electron chi connectivity index (χ1n) is 10.4. The third-order valence-corrected chi connectivity index (χ3v) is 7.26. The highest BCUT2D eigenvalue weighted by molar-refractivity contribution is 9.10. The normalized spacial score (nSPS) is 12.9. The molecule has 0 saturated heterocycles. The fraction of sp³-hybridized carbons (Fsp3) is 0.120. The van der Waals surface area contributed by atoms with Crippen molar-refractivity contribution in [3.05, 3.63) is 85.3 Å². The maximum Gasteiger partial charge on any atom is 0.240 e. The molecule has 1 aliphatic rings. The Hall–Kier alpha value is -2.51. The van der Waals surface area contributed by atoms with Gasteiger partial charge in [-0.2, -0.15) is 0 Å². The molecule has 34 heavy (non-hydrogen) atoms. The molecule has 5 nitrogen and oxygen atoms in total. The van der Waals surface area contributed by atoms with Crippen LogP contribution < -0.4 is 10.2 Å². The Morgan fingerprint density at radius 3 is 2.65 bits per heavy atom. The molecule has 0 bridgehead atoms. The van der Waals surface area contributed by atoms with Crippen LogP contribution in [0.1, 0.15) is 11.1 Å². The average molecular weight is 578 g/mol. The van der Waals surface area contributed by atoms with E-state index in [-0.39, 0.29) is 31.3 Å². The van der Waals surface area contributed by atoms with Crippen molar-refractivity contribution in [1.82, 2.24) is 10.3 Å². The van der Waals surface area contributed by atoms with Crippen LogP contribution in [0.5, 0.6) is 0 Å². The summed E-state index contributed by atoms with van der Waals surface area (Å²) in [5, 5.41) is 5.16. The van der Waals surface area contributed by atoms with Gasteiger partial charge < -0.3 is 15.2 Å². The number of hydrogen-bond acceptors (Lipinski definition) is 2. The molecule has 5 rings (SSSR count). The summed E-state index contributed by atoms with van der Waals surface area (Å²) in [7, 11) is 0. The number of carbonyl (C=O) groups excluding carboxylic acids is 2. The molecular weight excluding hydrogens is 561 g/mol. The third kappa shape index (κ3) is 4.43. The van der Waals surface area contributed by atoms with Crippen LogP contribution in [0, 0.1) is 0 Å². The first kappa shape index (κ1) is 23.2. The van der Waals surface area contributed by atoms with Gasteiger partial charge in [-0.3, -0.25) is 9.59 Å². The number of H-pyrrole nitrogens is 1. The van der Waals surface area contributed by atoms with Gasteiger partial charge in [0.2, 0.25) is 11.8 Å². The monoisotopic (exact) mass is 575 g/mol. The lowest BCUT2D eigenvalue weighted by atomic mass is 10.0. The summed E-state index contributed by atoms with van der Waals surface area (Å²) in [5.74, 6) is -0.489. The maximum atomic E-state index is 13.4. The maximum absolute atomic E-state index is 13.4. The Kier molecular flexibility index (Phi) is 6.34. The van der Waals surface area contributed by atoms with Crippen molar-refractivity contribution in [3.63, 3.8) is 0 Å². The summed E-state index contributed by atoms with van der Waals surface area (Å²) in [6.45, 7) is 0.122. The van der Waals surface area contributed by atoms with E-state index in [0.717, 1.165) is 37.8 Å². The van der Waals surface area contributed by atoms with Crippen LogP contribution in [-0.2, 0) is 22.6 Å². The molecule has 0 radical (unpaired) electrons. The fourth-order valence-electron chi connectivity index (χ4n) is 4.18. The van der Waals surface area contributed by atoms with E-state index >= 15 is 0 Å². The van der Waals surface area contributed by atoms with Crippen molar-refractivity contribution in [2.45, 2.75) is 13.0 Å². The lowest BCUT2D eigenvalue weighted by Gasteiger charge is -2.23. The second-order valence-electron chi connectivity index (χ2n) is 8.01. The molecule has 2 heterocycles. The zero-order chi connectivity index (χ0) is 24.0. The second kappa shape index (κ2) is 9.27. The van der Waals surface area contributed by atoms with Crippen molar-refractivity contribution in [2.24, 2.45) is 0 Å². The highest BCUT2D eigenvalue weighted by Gasteiger charge is 2.30. The van der Waals surface area contributed by atoms with Gasteiger partial charge in [0.05, 0.1) is 27.8 Å². The first-order valence-corrected chi connectivity index (χ1v) is 12.3. The number of amides is 2. The van der Waals surface area contributed by atoms with Crippen LogP contribution in [0.25, 0.3) is 22.2 Å². The number of aromatic amines is 1. The van der Waals surface area contributed by atoms with Gasteiger partial charge in [0.1, 0.15) is 6.54 Å². The van der Waals surface area contributed by atoms with E-state index in [1.54, 1.807) is 30.3 Å². The van der Waals surface area contributed by atoms with Crippen molar-refractivity contribution >= 4 is 79.1 Å². The smallest absolute Gasteiger partial charge is 0.240 e. The molecule has 1 aromatic heterocycles. The van der Waals surface area contributed by atoms with Crippen LogP contribution in [0.4, 0.5) is 5.69 Å². The van der Waals surface area contributed by atoms with Gasteiger partial charge in [0.15, 0.2) is 0 Å². The molecule has 2 amide bonds. The number of nitrogens with one attached hydrogen (secondary N) is 2. The summed E-state index contributed by atoms with van der Waals surface area (Å²) in [6, 6.07) is 16.5. The zero-order valence-electron chi connectivity index (χ0n) is 17.6. The summed E-state index contributed by atoms with van der Waals surface area (Å²) in [4.78, 5) is 31.2. The van der Waals surface area contributed by atoms with Crippen molar-refractivity contribution in [1.29, 1.82) is 0 Å². The lowest BCUT2D eigenvalue weighted by molar-refractivity contribution is -0.123. The average Bonchev–Trinajstić information content (AvgIpc) is 3.10. The predicted molar refractivity (Wildman–Crippen MR) is 141 cm³/mol. The highest BCUT2D eigenvalue weighted by atomic mass is 79.9. The van der Waals surface area contributed by atoms with E-state index in [1.165, 1.54) is 4.90 Å². The Labute approximate surface area is 219 Å². The van der Waals surface area contributed by atoms with Crippen LogP contribution in [0.2, 0.25) is 15.1 Å². The van der Waals surface area contributed by atoms with Gasteiger partial charge in [0, 0.05) is 32.5 Å². The molecule has 0 fully saturated rings. The molecular formula is C25H17BrCl3N3O2. The number of hydrogen-bond donors (Lipinski definition) is 2. The van der Waals surface area contributed by atoms with Gasteiger partial charge in [-0.25, -0.2) is 0 Å². The van der Waals surface area contributed by atoms with E-state index in [0.29, 0.717) is 20.8 Å². The number of nitrogens with zero attached hydrogens (tertiary/aromatic N) is 1. The fourth-order valence-corrected chi connectivity index (χ4v) is 5.03. The third-order valence-electron chi connectivity index (χ3n) is 5.79. The Bertz CT molecular complexity index is 1470. The minimum absolute atomic E-state index is 0.139. The van der Waals surface area contributed by atoms with E-state index in [1.807, 2.05) is 24.3 Å². The van der Waals surface area contributed by atoms with Crippen LogP contribution in [-0.4, -0.2) is 23.3 Å². The molecule has 0 saturated carbocycles. The van der Waals surface area contributed by atoms with E-state index in [9.17, 15) is 9.59 Å². The molecule has 4 aromatic rings. The first-order chi connectivity index (χ1) is 16.3. The standard InChI is InChI=1S/C25H17BrCl3N3O2/c26-14-2-6-21-17(8-14)18-10-24(34)32(22-9-15(27)3-4-16(22)25(18)31-21)12-23(33)30-11-13-1-5-19(28)20(29)7-13/h1-9,31H,10-12H2,(H,30,33). The van der Waals surface area contributed by atoms with Crippen LogP contribution >= 0.6 is 50.7 Å². The minimum Gasteiger partial charge on any atom is -0.354 e. The predicted octanol–water partition coefficient (Wildman–Crippen LogP) is 6.76. The van der Waals surface area contributed by atoms with Crippen molar-refractivity contribution in [2.75, 3.05) is 11.4 Å². The summed E-state index contributed by atoms with van der Waals surface area (Å²) < 4.78 is 0.924. The van der Waals surface area contributed by atoms with Gasteiger partial charge in [-0.1, -0.05) is 56.8 Å². The number of carbonyl (C=O) groups is 2. The van der Waals surface area contributed by atoms with Gasteiger partial charge in [0.25, 0.3) is 0 Å². The van der Waals surface area contributed by atoms with E-state index in [4.69, 9.17) is 34.8 Å². The molecule has 1 aliphatic heterocycles. The SMILES string of the molecule is O=C(CN1C(=O)Cc2c([nH]c3ccc(Br)cc23)-c2ccc(Cl)cc21)NCc1ccc(Cl)c(Cl)c1. The largest absolute Gasteiger partial charge is 0.354 e. The molecule has 2 N–H and O–H groups in total. The molecule has 3 aromatic carbocycles. The lowest BCUT2D eigenvalue weighted by Crippen LogP contribution is -2.41. The molecule has 9 heteroatoms. The summed E-state index contributed by atoms with van der Waals surface area (Å²) in [5.41, 5.74) is 4.90. The van der Waals surface area contributed by atoms with Crippen LogP contribution in [0.15, 0.2) is 59.1 Å². The molecule has 0 spiro atoms. The topological polar surface area (TPSA) is 65.2 Å². The van der Waals surface area contributed by atoms with Gasteiger partial charge in [-0.15, -0.1) is 0 Å². The number of rotatable bonds is 4. The molecule has 0 atom stereocenters. The van der Waals surface area contributed by atoms with Crippen LogP contribution in [0.3, 0.4) is 0 Å². The molecule has 0 aliphatic carbocycles. The minimum atomic E-state index is -0.302. The zero-order valence-corrected chi connectivity index (χ0v) is 21.4. The highest BCUT2D eigenvalue weighted by Crippen LogP contribution is 2.41. The number of halogens is 4. The van der Waals surface area contributed by atoms with Gasteiger partial charge >= 0.3 is 0 Å². The second-order valence-corrected chi connectivity index (χ2v) is 10.2. The van der Waals surface area contributed by atoms with Crippen molar-refractivity contribution < 1.29 is 9.59 Å².